The molecule has 10 heteroatoms. The summed E-state index contributed by atoms with van der Waals surface area (Å²) in [7, 11) is 0.431. The van der Waals surface area contributed by atoms with Gasteiger partial charge in [-0.3, -0.25) is 14.5 Å². The molecule has 0 spiro atoms. The molecule has 0 aliphatic carbocycles. The molecule has 6 nitrogen and oxygen atoms in total. The summed E-state index contributed by atoms with van der Waals surface area (Å²) in [4.78, 5) is 25.1. The lowest BCUT2D eigenvalue weighted by atomic mass is 9.78. The third-order valence-electron chi connectivity index (χ3n) is 4.09. The van der Waals surface area contributed by atoms with Gasteiger partial charge in [-0.2, -0.15) is 13.2 Å². The van der Waals surface area contributed by atoms with Crippen LogP contribution in [0.2, 0.25) is 0 Å². The minimum atomic E-state index is -4.42. The summed E-state index contributed by atoms with van der Waals surface area (Å²) in [6.07, 6.45) is -4.42. The van der Waals surface area contributed by atoms with Crippen LogP contribution in [0.1, 0.15) is 11.1 Å². The van der Waals surface area contributed by atoms with Gasteiger partial charge in [0.15, 0.2) is 0 Å². The fourth-order valence-electron chi connectivity index (χ4n) is 2.70. The maximum atomic E-state index is 12.8. The molecule has 2 aromatic rings. The van der Waals surface area contributed by atoms with Crippen LogP contribution in [-0.2, 0) is 31.7 Å². The quantitative estimate of drug-likeness (QED) is 0.723. The summed E-state index contributed by atoms with van der Waals surface area (Å²) in [5.41, 5.74) is 0.0612. The van der Waals surface area contributed by atoms with Gasteiger partial charge in [-0.1, -0.05) is 24.3 Å². The van der Waals surface area contributed by atoms with Crippen molar-refractivity contribution >= 4 is 24.5 Å². The zero-order chi connectivity index (χ0) is 21.0. The van der Waals surface area contributed by atoms with Gasteiger partial charge in [-0.05, 0) is 36.9 Å². The lowest BCUT2D eigenvalue weighted by Gasteiger charge is -2.22. The van der Waals surface area contributed by atoms with E-state index in [9.17, 15) is 22.8 Å². The molecule has 0 amide bonds. The fourth-order valence-corrected chi connectivity index (χ4v) is 2.70. The highest BCUT2D eigenvalue weighted by Crippen LogP contribution is 2.29. The van der Waals surface area contributed by atoms with Gasteiger partial charge < -0.3 is 14.0 Å². The lowest BCUT2D eigenvalue weighted by Crippen LogP contribution is -2.47. The molecule has 0 atom stereocenters. The highest BCUT2D eigenvalue weighted by molar-refractivity contribution is 6.64. The molecule has 0 saturated carbocycles. The Morgan fingerprint density at radius 3 is 2.24 bits per heavy atom. The Morgan fingerprint density at radius 2 is 1.66 bits per heavy atom. The van der Waals surface area contributed by atoms with Crippen LogP contribution >= 0.6 is 0 Å². The Kier molecular flexibility index (Phi) is 6.12. The minimum Gasteiger partial charge on any atom is -0.494 e. The van der Waals surface area contributed by atoms with Crippen LogP contribution in [0.15, 0.2) is 48.5 Å². The summed E-state index contributed by atoms with van der Waals surface area (Å²) < 4.78 is 54.1. The molecule has 3 rings (SSSR count). The van der Waals surface area contributed by atoms with Crippen molar-refractivity contribution in [1.82, 2.24) is 4.90 Å². The van der Waals surface area contributed by atoms with Crippen LogP contribution in [0.5, 0.6) is 5.75 Å². The molecular weight excluding hydrogens is 390 g/mol. The van der Waals surface area contributed by atoms with E-state index in [2.05, 4.69) is 0 Å². The van der Waals surface area contributed by atoms with Gasteiger partial charge >= 0.3 is 25.2 Å². The zero-order valence-corrected chi connectivity index (χ0v) is 15.4. The first-order valence-electron chi connectivity index (χ1n) is 8.67. The molecule has 0 unspecified atom stereocenters. The SMILES string of the molecule is CN1CC(=O)OB(c2ccc(OCc3cccc(C(F)(F)F)c3)cc2)OC(=O)C1. The van der Waals surface area contributed by atoms with E-state index in [4.69, 9.17) is 14.0 Å². The molecule has 1 aliphatic rings. The number of nitrogens with zero attached hydrogens (tertiary/aromatic N) is 1. The average molecular weight is 407 g/mol. The smallest absolute Gasteiger partial charge is 0.494 e. The van der Waals surface area contributed by atoms with Crippen LogP contribution in [0.25, 0.3) is 0 Å². The van der Waals surface area contributed by atoms with E-state index in [0.717, 1.165) is 12.1 Å². The van der Waals surface area contributed by atoms with Crippen molar-refractivity contribution < 1.29 is 36.8 Å². The average Bonchev–Trinajstić information content (AvgIpc) is 2.64. The van der Waals surface area contributed by atoms with Crippen LogP contribution < -0.4 is 10.2 Å². The number of carbonyl (C=O) groups is 2. The molecule has 29 heavy (non-hydrogen) atoms. The maximum absolute atomic E-state index is 12.8. The fraction of sp³-hybridized carbons (Fsp3) is 0.263. The Morgan fingerprint density at radius 1 is 1.03 bits per heavy atom. The second-order valence-electron chi connectivity index (χ2n) is 6.54. The topological polar surface area (TPSA) is 65.1 Å². The number of hydrogen-bond donors (Lipinski definition) is 0. The van der Waals surface area contributed by atoms with Crippen LogP contribution in [0.4, 0.5) is 13.2 Å². The monoisotopic (exact) mass is 407 g/mol. The number of ether oxygens (including phenoxy) is 1. The molecule has 1 heterocycles. The summed E-state index contributed by atoms with van der Waals surface area (Å²) >= 11 is 0. The third kappa shape index (κ3) is 5.74. The van der Waals surface area contributed by atoms with Gasteiger partial charge in [0.05, 0.1) is 18.7 Å². The molecule has 1 fully saturated rings. The number of hydrogen-bond acceptors (Lipinski definition) is 6. The van der Waals surface area contributed by atoms with Crippen molar-refractivity contribution in [3.05, 3.63) is 59.7 Å². The number of rotatable bonds is 4. The molecule has 1 saturated heterocycles. The van der Waals surface area contributed by atoms with Gasteiger partial charge in [0.1, 0.15) is 12.4 Å². The minimum absolute atomic E-state index is 0.0379. The van der Waals surface area contributed by atoms with E-state index >= 15 is 0 Å². The van der Waals surface area contributed by atoms with Crippen molar-refractivity contribution in [3.63, 3.8) is 0 Å². The van der Waals surface area contributed by atoms with E-state index < -0.39 is 30.8 Å². The van der Waals surface area contributed by atoms with Crippen LogP contribution in [-0.4, -0.2) is 44.1 Å². The van der Waals surface area contributed by atoms with Gasteiger partial charge in [0, 0.05) is 5.46 Å². The van der Waals surface area contributed by atoms with Crippen LogP contribution in [0.3, 0.4) is 0 Å². The van der Waals surface area contributed by atoms with Crippen molar-refractivity contribution in [2.45, 2.75) is 12.8 Å². The molecule has 2 aromatic carbocycles. The molecule has 0 N–H and O–H groups in total. The molecule has 0 radical (unpaired) electrons. The Bertz CT molecular complexity index is 868. The summed E-state index contributed by atoms with van der Waals surface area (Å²) in [5, 5.41) is 0. The number of likely N-dealkylation sites (N-methyl/N-ethyl adjacent to an activating group) is 1. The highest BCUT2D eigenvalue weighted by atomic mass is 19.4. The van der Waals surface area contributed by atoms with E-state index in [-0.39, 0.29) is 19.7 Å². The molecule has 0 bridgehead atoms. The summed E-state index contributed by atoms with van der Waals surface area (Å²) in [6.45, 7) is -0.128. The molecular formula is C19H17BF3NO5. The van der Waals surface area contributed by atoms with Crippen molar-refractivity contribution in [1.29, 1.82) is 0 Å². The number of alkyl halides is 3. The first-order valence-corrected chi connectivity index (χ1v) is 8.67. The van der Waals surface area contributed by atoms with Crippen molar-refractivity contribution in [2.24, 2.45) is 0 Å². The summed E-state index contributed by atoms with van der Waals surface area (Å²) in [5.74, 6) is -0.667. The Hall–Kier alpha value is -3.01. The van der Waals surface area contributed by atoms with Gasteiger partial charge in [-0.15, -0.1) is 0 Å². The second-order valence-corrected chi connectivity index (χ2v) is 6.54. The normalized spacial score (nSPS) is 15.9. The predicted molar refractivity (Wildman–Crippen MR) is 97.3 cm³/mol. The maximum Gasteiger partial charge on any atom is 0.636 e. The Labute approximate surface area is 165 Å². The van der Waals surface area contributed by atoms with E-state index in [1.807, 2.05) is 0 Å². The zero-order valence-electron chi connectivity index (χ0n) is 15.4. The van der Waals surface area contributed by atoms with Crippen molar-refractivity contribution in [3.8, 4) is 5.75 Å². The number of benzene rings is 2. The van der Waals surface area contributed by atoms with Gasteiger partial charge in [-0.25, -0.2) is 0 Å². The molecule has 1 aliphatic heterocycles. The predicted octanol–water partition coefficient (Wildman–Crippen LogP) is 2.01. The van der Waals surface area contributed by atoms with Gasteiger partial charge in [0.25, 0.3) is 0 Å². The standard InChI is InChI=1S/C19H17BF3NO5/c1-24-10-17(25)28-20(29-18(26)11-24)15-5-7-16(8-6-15)27-12-13-3-2-4-14(9-13)19(21,22)23/h2-9H,10-12H2,1H3. The first kappa shape index (κ1) is 20.7. The largest absolute Gasteiger partial charge is 0.636 e. The lowest BCUT2D eigenvalue weighted by molar-refractivity contribution is -0.145. The molecule has 0 aromatic heterocycles. The number of halogens is 3. The number of carbonyl (C=O) groups excluding carboxylic acids is 2. The third-order valence-corrected chi connectivity index (χ3v) is 4.09. The van der Waals surface area contributed by atoms with Crippen molar-refractivity contribution in [2.75, 3.05) is 20.1 Å². The van der Waals surface area contributed by atoms with E-state index in [1.165, 1.54) is 17.0 Å². The first-order chi connectivity index (χ1) is 13.7. The highest BCUT2D eigenvalue weighted by Gasteiger charge is 2.33. The van der Waals surface area contributed by atoms with Crippen LogP contribution in [0, 0.1) is 0 Å². The molecule has 152 valence electrons. The van der Waals surface area contributed by atoms with E-state index in [1.54, 1.807) is 31.3 Å². The Balaban J connectivity index is 1.64. The summed E-state index contributed by atoms with van der Waals surface area (Å²) in [6, 6.07) is 11.1. The second kappa shape index (κ2) is 8.56. The van der Waals surface area contributed by atoms with Gasteiger partial charge in [0.2, 0.25) is 0 Å². The van der Waals surface area contributed by atoms with E-state index in [0.29, 0.717) is 16.8 Å².